The molecule has 0 aromatic rings. The number of carbonyl (C=O) groups is 2. The Morgan fingerprint density at radius 3 is 2.11 bits per heavy atom. The third kappa shape index (κ3) is 5.57. The lowest BCUT2D eigenvalue weighted by Crippen LogP contribution is -2.61. The summed E-state index contributed by atoms with van der Waals surface area (Å²) < 4.78 is 0. The van der Waals surface area contributed by atoms with Gasteiger partial charge in [0.2, 0.25) is 5.91 Å². The van der Waals surface area contributed by atoms with Gasteiger partial charge in [-0.05, 0) is 18.3 Å². The van der Waals surface area contributed by atoms with Gasteiger partial charge in [0.15, 0.2) is 0 Å². The summed E-state index contributed by atoms with van der Waals surface area (Å²) in [6, 6.07) is 0. The Hall–Kier alpha value is -1.14. The number of hydrazine groups is 1. The maximum atomic E-state index is 11.8. The first-order valence-corrected chi connectivity index (χ1v) is 6.64. The van der Waals surface area contributed by atoms with Gasteiger partial charge in [0.05, 0.1) is 0 Å². The third-order valence-corrected chi connectivity index (χ3v) is 2.87. The minimum absolute atomic E-state index is 0.101. The molecule has 4 N–H and O–H groups in total. The van der Waals surface area contributed by atoms with Crippen LogP contribution in [-0.2, 0) is 9.59 Å². The molecule has 0 saturated carbocycles. The molecule has 1 atom stereocenters. The van der Waals surface area contributed by atoms with Gasteiger partial charge in [-0.2, -0.15) is 0 Å². The van der Waals surface area contributed by atoms with Crippen LogP contribution in [0.1, 0.15) is 53.4 Å². The van der Waals surface area contributed by atoms with Gasteiger partial charge in [-0.1, -0.05) is 34.1 Å². The molecule has 0 aliphatic heterocycles. The van der Waals surface area contributed by atoms with Crippen LogP contribution in [0.25, 0.3) is 0 Å². The van der Waals surface area contributed by atoms with E-state index in [1.807, 2.05) is 13.8 Å². The molecule has 0 saturated heterocycles. The van der Waals surface area contributed by atoms with Crippen LogP contribution in [-0.4, -0.2) is 32.8 Å². The lowest BCUT2D eigenvalue weighted by molar-refractivity contribution is -0.193. The lowest BCUT2D eigenvalue weighted by Gasteiger charge is -2.33. The highest BCUT2D eigenvalue weighted by atomic mass is 16.4. The molecule has 0 heterocycles. The molecule has 1 amide bonds. The topological polar surface area (TPSA) is 104 Å². The van der Waals surface area contributed by atoms with Crippen molar-refractivity contribution in [1.82, 2.24) is 5.01 Å². The summed E-state index contributed by atoms with van der Waals surface area (Å²) in [5.41, 5.74) is -2.33. The summed E-state index contributed by atoms with van der Waals surface area (Å²) >= 11 is 0. The monoisotopic (exact) mass is 274 g/mol. The Morgan fingerprint density at radius 2 is 1.74 bits per heavy atom. The first kappa shape index (κ1) is 17.9. The van der Waals surface area contributed by atoms with E-state index in [0.717, 1.165) is 6.42 Å². The summed E-state index contributed by atoms with van der Waals surface area (Å²) in [6.45, 7) is 7.59. The highest BCUT2D eigenvalue weighted by Gasteiger charge is 2.44. The van der Waals surface area contributed by atoms with Crippen LogP contribution < -0.4 is 5.84 Å². The Morgan fingerprint density at radius 1 is 1.21 bits per heavy atom. The van der Waals surface area contributed by atoms with Gasteiger partial charge in [0, 0.05) is 12.8 Å². The fourth-order valence-corrected chi connectivity index (χ4v) is 1.85. The Labute approximate surface area is 114 Å². The Bertz CT molecular complexity index is 318. The molecule has 0 fully saturated rings. The third-order valence-electron chi connectivity index (χ3n) is 2.87. The number of nitrogens with zero attached hydrogens (tertiary/aromatic N) is 1. The van der Waals surface area contributed by atoms with Crippen molar-refractivity contribution in [2.24, 2.45) is 17.7 Å². The summed E-state index contributed by atoms with van der Waals surface area (Å²) in [5.74, 6) is 3.83. The van der Waals surface area contributed by atoms with Crippen molar-refractivity contribution in [3.8, 4) is 0 Å². The summed E-state index contributed by atoms with van der Waals surface area (Å²) in [4.78, 5) is 23.0. The molecule has 0 rings (SSSR count). The molecule has 0 aliphatic rings. The zero-order chi connectivity index (χ0) is 15.2. The molecule has 6 heteroatoms. The van der Waals surface area contributed by atoms with Crippen molar-refractivity contribution < 1.29 is 19.8 Å². The number of aliphatic hydroxyl groups is 1. The van der Waals surface area contributed by atoms with Crippen molar-refractivity contribution >= 4 is 11.9 Å². The van der Waals surface area contributed by atoms with Crippen molar-refractivity contribution in [3.05, 3.63) is 0 Å². The smallest absolute Gasteiger partial charge is 0.358 e. The maximum absolute atomic E-state index is 11.8. The van der Waals surface area contributed by atoms with E-state index in [2.05, 4.69) is 0 Å². The highest BCUT2D eigenvalue weighted by Crippen LogP contribution is 2.21. The van der Waals surface area contributed by atoms with Crippen molar-refractivity contribution in [2.45, 2.75) is 59.1 Å². The molecule has 19 heavy (non-hydrogen) atoms. The fourth-order valence-electron chi connectivity index (χ4n) is 1.85. The first-order chi connectivity index (χ1) is 8.61. The van der Waals surface area contributed by atoms with Gasteiger partial charge in [-0.15, -0.1) is 0 Å². The molecule has 6 nitrogen and oxygen atoms in total. The van der Waals surface area contributed by atoms with E-state index in [9.17, 15) is 14.7 Å². The molecule has 0 aromatic heterocycles. The average Bonchev–Trinajstić information content (AvgIpc) is 2.25. The normalized spacial score (nSPS) is 14.5. The lowest BCUT2D eigenvalue weighted by atomic mass is 9.99. The molecule has 0 spiro atoms. The predicted molar refractivity (Wildman–Crippen MR) is 71.8 cm³/mol. The van der Waals surface area contributed by atoms with E-state index in [-0.39, 0.29) is 18.8 Å². The minimum atomic E-state index is -2.33. The second-order valence-corrected chi connectivity index (χ2v) is 5.77. The number of aliphatic carboxylic acids is 1. The van der Waals surface area contributed by atoms with Gasteiger partial charge < -0.3 is 10.2 Å². The minimum Gasteiger partial charge on any atom is -0.478 e. The Kier molecular flexibility index (Phi) is 7.00. The highest BCUT2D eigenvalue weighted by molar-refractivity contribution is 5.85. The summed E-state index contributed by atoms with van der Waals surface area (Å²) in [7, 11) is 0. The number of hydrogen-bond acceptors (Lipinski definition) is 4. The van der Waals surface area contributed by atoms with Crippen LogP contribution in [0.4, 0.5) is 0 Å². The van der Waals surface area contributed by atoms with Crippen LogP contribution in [0, 0.1) is 11.8 Å². The number of hydrogen-bond donors (Lipinski definition) is 3. The number of carboxylic acids is 1. The van der Waals surface area contributed by atoms with Crippen molar-refractivity contribution in [1.29, 1.82) is 0 Å². The second kappa shape index (κ2) is 7.45. The van der Waals surface area contributed by atoms with Gasteiger partial charge in [0.25, 0.3) is 5.72 Å². The van der Waals surface area contributed by atoms with E-state index in [0.29, 0.717) is 17.3 Å². The number of nitrogens with two attached hydrogens (primary N) is 1. The largest absolute Gasteiger partial charge is 0.478 e. The zero-order valence-corrected chi connectivity index (χ0v) is 12.2. The molecular formula is C13H26N2O4. The average molecular weight is 274 g/mol. The maximum Gasteiger partial charge on any atom is 0.358 e. The van der Waals surface area contributed by atoms with Gasteiger partial charge >= 0.3 is 5.97 Å². The molecule has 0 radical (unpaired) electrons. The van der Waals surface area contributed by atoms with Crippen LogP contribution in [0.2, 0.25) is 0 Å². The quantitative estimate of drug-likeness (QED) is 0.268. The van der Waals surface area contributed by atoms with Crippen molar-refractivity contribution in [2.75, 3.05) is 0 Å². The first-order valence-electron chi connectivity index (χ1n) is 6.64. The summed E-state index contributed by atoms with van der Waals surface area (Å²) in [6.07, 6.45) is 1.52. The summed E-state index contributed by atoms with van der Waals surface area (Å²) in [5, 5.41) is 19.6. The number of carbonyl (C=O) groups excluding carboxylic acids is 1. The number of carboxylic acid groups (broad SMARTS) is 1. The van der Waals surface area contributed by atoms with Crippen LogP contribution in [0.5, 0.6) is 0 Å². The number of amides is 1. The molecule has 0 aliphatic carbocycles. The molecule has 112 valence electrons. The van der Waals surface area contributed by atoms with Gasteiger partial charge in [-0.25, -0.2) is 15.6 Å². The van der Waals surface area contributed by atoms with Crippen LogP contribution >= 0.6 is 0 Å². The SMILES string of the molecule is CC(C)CCCC(=O)N(N)C(O)(CC(C)C)C(=O)O. The van der Waals surface area contributed by atoms with E-state index in [4.69, 9.17) is 10.9 Å². The van der Waals surface area contributed by atoms with Gasteiger partial charge in [-0.3, -0.25) is 4.79 Å². The predicted octanol–water partition coefficient (Wildman–Crippen LogP) is 1.33. The van der Waals surface area contributed by atoms with E-state index in [1.54, 1.807) is 13.8 Å². The molecule has 0 aromatic carbocycles. The number of rotatable bonds is 8. The Balaban J connectivity index is 4.67. The molecular weight excluding hydrogens is 248 g/mol. The van der Waals surface area contributed by atoms with E-state index in [1.165, 1.54) is 0 Å². The van der Waals surface area contributed by atoms with Gasteiger partial charge in [0.1, 0.15) is 0 Å². The molecule has 0 bridgehead atoms. The van der Waals surface area contributed by atoms with Crippen LogP contribution in [0.15, 0.2) is 0 Å². The zero-order valence-electron chi connectivity index (χ0n) is 12.2. The van der Waals surface area contributed by atoms with E-state index < -0.39 is 17.6 Å². The fraction of sp³-hybridized carbons (Fsp3) is 0.846. The molecule has 1 unspecified atom stereocenters. The van der Waals surface area contributed by atoms with Crippen molar-refractivity contribution in [3.63, 3.8) is 0 Å². The van der Waals surface area contributed by atoms with E-state index >= 15 is 0 Å². The standard InChI is InChI=1S/C13H26N2O4/c1-9(2)6-5-7-11(16)15(14)13(19,12(17)18)8-10(3)4/h9-10,19H,5-8,14H2,1-4H3,(H,17,18). The second-order valence-electron chi connectivity index (χ2n) is 5.77. The van der Waals surface area contributed by atoms with Crippen LogP contribution in [0.3, 0.4) is 0 Å².